The fourth-order valence-corrected chi connectivity index (χ4v) is 4.17. The number of alkyl halides is 3. The van der Waals surface area contributed by atoms with Gasteiger partial charge < -0.3 is 15.4 Å². The Kier molecular flexibility index (Phi) is 4.93. The molecular formula is C22H18F4N6O2. The quantitative estimate of drug-likeness (QED) is 0.442. The van der Waals surface area contributed by atoms with Gasteiger partial charge in [0.25, 0.3) is 5.91 Å². The Morgan fingerprint density at radius 2 is 2.00 bits per heavy atom. The Morgan fingerprint density at radius 1 is 1.24 bits per heavy atom. The number of hydrogen-bond acceptors (Lipinski definition) is 6. The molecule has 1 amide bonds. The molecule has 5 rings (SSSR count). The molecule has 0 aliphatic carbocycles. The number of rotatable bonds is 2. The van der Waals surface area contributed by atoms with Crippen molar-refractivity contribution in [2.45, 2.75) is 25.2 Å². The van der Waals surface area contributed by atoms with Gasteiger partial charge in [-0.3, -0.25) is 9.20 Å². The molecule has 0 radical (unpaired) electrons. The van der Waals surface area contributed by atoms with Gasteiger partial charge in [0.15, 0.2) is 0 Å². The summed E-state index contributed by atoms with van der Waals surface area (Å²) in [6.07, 6.45) is -2.34. The second kappa shape index (κ2) is 7.62. The van der Waals surface area contributed by atoms with E-state index < -0.39 is 35.7 Å². The van der Waals surface area contributed by atoms with Gasteiger partial charge in [-0.1, -0.05) is 6.07 Å². The van der Waals surface area contributed by atoms with Crippen molar-refractivity contribution >= 4 is 28.3 Å². The fraction of sp³-hybridized carbons (Fsp3) is 0.273. The fourth-order valence-electron chi connectivity index (χ4n) is 4.17. The number of carbonyl (C=O) groups excluding carboxylic acids is 1. The molecule has 3 aromatic heterocycles. The Balaban J connectivity index is 1.56. The van der Waals surface area contributed by atoms with Gasteiger partial charge in [-0.25, -0.2) is 19.3 Å². The van der Waals surface area contributed by atoms with Crippen molar-refractivity contribution in [3.05, 3.63) is 65.1 Å². The average molecular weight is 474 g/mol. The van der Waals surface area contributed by atoms with E-state index in [1.807, 2.05) is 0 Å². The van der Waals surface area contributed by atoms with Crippen LogP contribution in [0.5, 0.6) is 0 Å². The first-order valence-corrected chi connectivity index (χ1v) is 10.2. The van der Waals surface area contributed by atoms with Gasteiger partial charge >= 0.3 is 6.18 Å². The second-order valence-corrected chi connectivity index (χ2v) is 8.04. The number of fused-ring (bicyclic) bond motifs is 4. The third kappa shape index (κ3) is 3.41. The SMILES string of the molecule is C[C@H]1OC[C@@H](N(C)C(=O)c2cc3c(cc2F)nc(N)c2cncn23)c2ccc(C(F)(F)F)nc21. The van der Waals surface area contributed by atoms with Crippen LogP contribution < -0.4 is 5.73 Å². The number of halogens is 4. The summed E-state index contributed by atoms with van der Waals surface area (Å²) in [5.74, 6) is -1.33. The molecule has 4 heterocycles. The second-order valence-electron chi connectivity index (χ2n) is 8.04. The first-order chi connectivity index (χ1) is 16.1. The maximum atomic E-state index is 15.0. The van der Waals surface area contributed by atoms with E-state index in [1.54, 1.807) is 11.3 Å². The molecule has 1 aromatic carbocycles. The molecule has 0 saturated carbocycles. The summed E-state index contributed by atoms with van der Waals surface area (Å²) < 4.78 is 61.6. The molecule has 1 aliphatic rings. The van der Waals surface area contributed by atoms with Crippen molar-refractivity contribution in [1.29, 1.82) is 0 Å². The Hall–Kier alpha value is -3.80. The van der Waals surface area contributed by atoms with Gasteiger partial charge in [-0.15, -0.1) is 0 Å². The van der Waals surface area contributed by atoms with Crippen molar-refractivity contribution in [3.8, 4) is 0 Å². The van der Waals surface area contributed by atoms with E-state index in [-0.39, 0.29) is 29.2 Å². The number of ether oxygens (including phenoxy) is 1. The maximum Gasteiger partial charge on any atom is 0.433 e. The van der Waals surface area contributed by atoms with Crippen LogP contribution in [0.2, 0.25) is 0 Å². The van der Waals surface area contributed by atoms with E-state index in [2.05, 4.69) is 15.0 Å². The molecule has 2 atom stereocenters. The lowest BCUT2D eigenvalue weighted by Crippen LogP contribution is -2.38. The van der Waals surface area contributed by atoms with Crippen LogP contribution >= 0.6 is 0 Å². The van der Waals surface area contributed by atoms with Gasteiger partial charge in [-0.05, 0) is 19.1 Å². The lowest BCUT2D eigenvalue weighted by Gasteiger charge is -2.35. The Bertz CT molecular complexity index is 1450. The van der Waals surface area contributed by atoms with Crippen LogP contribution in [0.3, 0.4) is 0 Å². The van der Waals surface area contributed by atoms with Crippen LogP contribution in [-0.4, -0.2) is 43.8 Å². The molecule has 8 nitrogen and oxygen atoms in total. The number of nitrogens with two attached hydrogens (primary N) is 1. The van der Waals surface area contributed by atoms with Gasteiger partial charge in [0.1, 0.15) is 22.8 Å². The lowest BCUT2D eigenvalue weighted by molar-refractivity contribution is -0.141. The molecule has 0 unspecified atom stereocenters. The highest BCUT2D eigenvalue weighted by atomic mass is 19.4. The van der Waals surface area contributed by atoms with Gasteiger partial charge in [0, 0.05) is 18.7 Å². The van der Waals surface area contributed by atoms with Crippen LogP contribution in [0.25, 0.3) is 16.6 Å². The summed E-state index contributed by atoms with van der Waals surface area (Å²) in [5, 5.41) is 0. The number of likely N-dealkylation sites (N-methyl/N-ethyl adjacent to an activating group) is 1. The molecule has 176 valence electrons. The monoisotopic (exact) mass is 474 g/mol. The molecule has 0 saturated heterocycles. The minimum Gasteiger partial charge on any atom is -0.382 e. The van der Waals surface area contributed by atoms with Crippen molar-refractivity contribution in [1.82, 2.24) is 24.3 Å². The minimum atomic E-state index is -4.62. The summed E-state index contributed by atoms with van der Waals surface area (Å²) in [7, 11) is 1.44. The topological polar surface area (TPSA) is 98.6 Å². The van der Waals surface area contributed by atoms with E-state index in [0.717, 1.165) is 12.1 Å². The van der Waals surface area contributed by atoms with Gasteiger partial charge in [-0.2, -0.15) is 13.2 Å². The highest BCUT2D eigenvalue weighted by molar-refractivity contribution is 5.98. The van der Waals surface area contributed by atoms with Gasteiger partial charge in [0.2, 0.25) is 0 Å². The zero-order valence-electron chi connectivity index (χ0n) is 18.0. The normalized spacial score (nSPS) is 18.3. The van der Waals surface area contributed by atoms with Crippen LogP contribution in [-0.2, 0) is 10.9 Å². The first-order valence-electron chi connectivity index (χ1n) is 10.2. The predicted octanol–water partition coefficient (Wildman–Crippen LogP) is 3.92. The summed E-state index contributed by atoms with van der Waals surface area (Å²) in [6, 6.07) is 3.85. The highest BCUT2D eigenvalue weighted by Crippen LogP contribution is 2.37. The van der Waals surface area contributed by atoms with E-state index in [0.29, 0.717) is 16.6 Å². The van der Waals surface area contributed by atoms with Crippen molar-refractivity contribution in [2.24, 2.45) is 0 Å². The number of carbonyl (C=O) groups is 1. The maximum absolute atomic E-state index is 15.0. The van der Waals surface area contributed by atoms with Crippen LogP contribution in [0, 0.1) is 5.82 Å². The highest BCUT2D eigenvalue weighted by Gasteiger charge is 2.37. The number of amides is 1. The number of aromatic nitrogens is 4. The molecule has 0 bridgehead atoms. The molecule has 4 aromatic rings. The zero-order chi connectivity index (χ0) is 24.4. The number of hydrogen-bond donors (Lipinski definition) is 1. The number of nitrogens with zero attached hydrogens (tertiary/aromatic N) is 5. The predicted molar refractivity (Wildman–Crippen MR) is 113 cm³/mol. The summed E-state index contributed by atoms with van der Waals surface area (Å²) >= 11 is 0. The van der Waals surface area contributed by atoms with Crippen molar-refractivity contribution < 1.29 is 27.1 Å². The molecule has 34 heavy (non-hydrogen) atoms. The van der Waals surface area contributed by atoms with E-state index in [1.165, 1.54) is 36.6 Å². The van der Waals surface area contributed by atoms with Crippen molar-refractivity contribution in [3.63, 3.8) is 0 Å². The molecule has 1 aliphatic heterocycles. The zero-order valence-corrected chi connectivity index (χ0v) is 18.0. The third-order valence-electron chi connectivity index (χ3n) is 5.98. The Morgan fingerprint density at radius 3 is 2.74 bits per heavy atom. The third-order valence-corrected chi connectivity index (χ3v) is 5.98. The molecule has 0 spiro atoms. The minimum absolute atomic E-state index is 0.0164. The largest absolute Gasteiger partial charge is 0.433 e. The van der Waals surface area contributed by atoms with Crippen LogP contribution in [0.15, 0.2) is 36.8 Å². The van der Waals surface area contributed by atoms with E-state index in [9.17, 15) is 22.4 Å². The molecular weight excluding hydrogens is 456 g/mol. The van der Waals surface area contributed by atoms with E-state index >= 15 is 0 Å². The number of nitrogen functional groups attached to an aromatic ring is 1. The smallest absolute Gasteiger partial charge is 0.382 e. The summed E-state index contributed by atoms with van der Waals surface area (Å²) in [5.41, 5.74) is 6.27. The number of benzene rings is 1. The summed E-state index contributed by atoms with van der Waals surface area (Å²) in [6.45, 7) is 1.60. The molecule has 2 N–H and O–H groups in total. The van der Waals surface area contributed by atoms with Crippen molar-refractivity contribution in [2.75, 3.05) is 19.4 Å². The molecule has 0 fully saturated rings. The standard InChI is InChI=1S/C22H18F4N6O2/c1-10-19-11(3-4-18(30-19)22(24,25)26)17(8-34-10)31(2)21(33)12-5-15-14(6-13(12)23)29-20(27)16-7-28-9-32(15)16/h3-7,9-10,17H,8H2,1-2H3,(H2,27,29)/t10-,17-/m1/s1. The number of imidazole rings is 1. The summed E-state index contributed by atoms with van der Waals surface area (Å²) in [4.78, 5) is 26.5. The lowest BCUT2D eigenvalue weighted by atomic mass is 9.97. The first kappa shape index (κ1) is 22.0. The average Bonchev–Trinajstić information content (AvgIpc) is 3.28. The number of pyridine rings is 1. The number of anilines is 1. The van der Waals surface area contributed by atoms with Crippen LogP contribution in [0.1, 0.15) is 46.4 Å². The molecule has 12 heteroatoms. The van der Waals surface area contributed by atoms with Crippen LogP contribution in [0.4, 0.5) is 23.4 Å². The van der Waals surface area contributed by atoms with Gasteiger partial charge in [0.05, 0.1) is 53.6 Å². The van der Waals surface area contributed by atoms with E-state index in [4.69, 9.17) is 10.5 Å². The Labute approximate surface area is 190 Å².